The Bertz CT molecular complexity index is 1030. The van der Waals surface area contributed by atoms with Crippen molar-refractivity contribution in [2.45, 2.75) is 24.4 Å². The number of hydrogen-bond acceptors (Lipinski definition) is 6. The maximum absolute atomic E-state index is 13.0. The lowest BCUT2D eigenvalue weighted by Crippen LogP contribution is -2.58. The quantitative estimate of drug-likeness (QED) is 0.565. The number of aliphatic hydroxyl groups excluding tert-OH is 1. The molecule has 2 aliphatic rings. The van der Waals surface area contributed by atoms with Crippen molar-refractivity contribution in [1.82, 2.24) is 15.1 Å². The summed E-state index contributed by atoms with van der Waals surface area (Å²) in [6.07, 6.45) is -1.40. The first kappa shape index (κ1) is 23.7. The second-order valence-corrected chi connectivity index (χ2v) is 8.72. The number of ether oxygens (including phenoxy) is 1. The number of nitrogens with zero attached hydrogens (tertiary/aromatic N) is 2. The van der Waals surface area contributed by atoms with E-state index in [1.54, 1.807) is 0 Å². The minimum Gasteiger partial charge on any atom is -0.481 e. The number of fused-ring (bicyclic) bond motifs is 3. The molecule has 34 heavy (non-hydrogen) atoms. The van der Waals surface area contributed by atoms with Gasteiger partial charge < -0.3 is 25.2 Å². The number of piperazine rings is 1. The highest BCUT2D eigenvalue weighted by Gasteiger charge is 2.34. The molecule has 0 aromatic heterocycles. The van der Waals surface area contributed by atoms with Gasteiger partial charge in [0.05, 0.1) is 19.1 Å². The standard InChI is InChI=1S/C25H29N3O6/c1-27-10-11-28(13-16(27)14-29)24(32)22(12-23(30)31)26-25(33)34-15-21-19-8-4-2-6-17(19)18-7-3-5-9-20(18)21/h2-9,16,21-22,29H,10-15H2,1H3,(H,26,33)(H,30,31). The highest BCUT2D eigenvalue weighted by molar-refractivity contribution is 5.89. The Kier molecular flexibility index (Phi) is 7.14. The van der Waals surface area contributed by atoms with Crippen LogP contribution in [0, 0.1) is 0 Å². The van der Waals surface area contributed by atoms with Crippen LogP contribution in [-0.2, 0) is 14.3 Å². The molecule has 0 spiro atoms. The van der Waals surface area contributed by atoms with Crippen LogP contribution in [0.15, 0.2) is 48.5 Å². The molecule has 2 atom stereocenters. The van der Waals surface area contributed by atoms with Gasteiger partial charge in [-0.05, 0) is 29.3 Å². The zero-order valence-electron chi connectivity index (χ0n) is 19.0. The number of alkyl carbamates (subject to hydrolysis) is 1. The van der Waals surface area contributed by atoms with E-state index in [1.165, 1.54) is 4.90 Å². The van der Waals surface area contributed by atoms with E-state index in [0.29, 0.717) is 13.1 Å². The van der Waals surface area contributed by atoms with Crippen LogP contribution >= 0.6 is 0 Å². The second-order valence-electron chi connectivity index (χ2n) is 8.72. The van der Waals surface area contributed by atoms with Gasteiger partial charge in [-0.2, -0.15) is 0 Å². The Labute approximate surface area is 197 Å². The largest absolute Gasteiger partial charge is 0.481 e. The van der Waals surface area contributed by atoms with Gasteiger partial charge in [0.25, 0.3) is 0 Å². The third-order valence-corrected chi connectivity index (χ3v) is 6.61. The van der Waals surface area contributed by atoms with Crippen LogP contribution in [-0.4, -0.2) is 90.0 Å². The number of benzene rings is 2. The van der Waals surface area contributed by atoms with Crippen molar-refractivity contribution in [3.63, 3.8) is 0 Å². The van der Waals surface area contributed by atoms with Crippen LogP contribution in [0.3, 0.4) is 0 Å². The molecule has 0 radical (unpaired) electrons. The van der Waals surface area contributed by atoms with Crippen LogP contribution in [0.4, 0.5) is 4.79 Å². The summed E-state index contributed by atoms with van der Waals surface area (Å²) >= 11 is 0. The van der Waals surface area contributed by atoms with Gasteiger partial charge in [0.2, 0.25) is 5.91 Å². The summed E-state index contributed by atoms with van der Waals surface area (Å²) in [5, 5.41) is 21.3. The van der Waals surface area contributed by atoms with Gasteiger partial charge in [-0.15, -0.1) is 0 Å². The molecule has 2 unspecified atom stereocenters. The number of hydrogen-bond donors (Lipinski definition) is 3. The number of carbonyl (C=O) groups is 3. The number of rotatable bonds is 7. The lowest BCUT2D eigenvalue weighted by atomic mass is 9.98. The van der Waals surface area contributed by atoms with E-state index in [0.717, 1.165) is 22.3 Å². The molecule has 1 fully saturated rings. The summed E-state index contributed by atoms with van der Waals surface area (Å²) < 4.78 is 5.49. The Balaban J connectivity index is 1.42. The molecule has 2 aromatic rings. The highest BCUT2D eigenvalue weighted by Crippen LogP contribution is 2.44. The molecular formula is C25H29N3O6. The van der Waals surface area contributed by atoms with Gasteiger partial charge in [-0.3, -0.25) is 14.5 Å². The Morgan fingerprint density at radius 1 is 1.06 bits per heavy atom. The van der Waals surface area contributed by atoms with Crippen molar-refractivity contribution in [3.05, 3.63) is 59.7 Å². The number of nitrogens with one attached hydrogen (secondary N) is 1. The predicted octanol–water partition coefficient (Wildman–Crippen LogP) is 1.50. The average molecular weight is 468 g/mol. The van der Waals surface area contributed by atoms with E-state index in [9.17, 15) is 24.6 Å². The van der Waals surface area contributed by atoms with E-state index in [2.05, 4.69) is 5.32 Å². The van der Waals surface area contributed by atoms with E-state index in [1.807, 2.05) is 60.5 Å². The fourth-order valence-corrected chi connectivity index (χ4v) is 4.72. The number of carbonyl (C=O) groups excluding carboxylic acids is 2. The molecular weight excluding hydrogens is 438 g/mol. The first-order valence-electron chi connectivity index (χ1n) is 11.3. The Morgan fingerprint density at radius 2 is 1.68 bits per heavy atom. The molecule has 1 saturated heterocycles. The van der Waals surface area contributed by atoms with Gasteiger partial charge in [-0.1, -0.05) is 48.5 Å². The zero-order valence-corrected chi connectivity index (χ0v) is 19.0. The fraction of sp³-hybridized carbons (Fsp3) is 0.400. The van der Waals surface area contributed by atoms with Crippen LogP contribution < -0.4 is 5.32 Å². The van der Waals surface area contributed by atoms with Crippen molar-refractivity contribution in [3.8, 4) is 11.1 Å². The number of amides is 2. The third kappa shape index (κ3) is 4.90. The summed E-state index contributed by atoms with van der Waals surface area (Å²) in [5.41, 5.74) is 4.31. The normalized spacial score (nSPS) is 18.6. The van der Waals surface area contributed by atoms with Crippen LogP contribution in [0.2, 0.25) is 0 Å². The number of carboxylic acid groups (broad SMARTS) is 1. The first-order valence-corrected chi connectivity index (χ1v) is 11.3. The molecule has 2 aromatic carbocycles. The molecule has 2 amide bonds. The minimum absolute atomic E-state index is 0.0644. The van der Waals surface area contributed by atoms with Gasteiger partial charge in [0.1, 0.15) is 12.6 Å². The van der Waals surface area contributed by atoms with E-state index < -0.39 is 30.4 Å². The van der Waals surface area contributed by atoms with Crippen LogP contribution in [0.5, 0.6) is 0 Å². The summed E-state index contributed by atoms with van der Waals surface area (Å²) in [7, 11) is 1.85. The monoisotopic (exact) mass is 467 g/mol. The lowest BCUT2D eigenvalue weighted by Gasteiger charge is -2.39. The number of likely N-dealkylation sites (N-methyl/N-ethyl adjacent to an activating group) is 1. The molecule has 1 heterocycles. The van der Waals surface area contributed by atoms with Crippen molar-refractivity contribution in [2.24, 2.45) is 0 Å². The summed E-state index contributed by atoms with van der Waals surface area (Å²) in [6, 6.07) is 14.4. The predicted molar refractivity (Wildman–Crippen MR) is 124 cm³/mol. The van der Waals surface area contributed by atoms with E-state index in [4.69, 9.17) is 4.74 Å². The van der Waals surface area contributed by atoms with Crippen molar-refractivity contribution < 1.29 is 29.3 Å². The molecule has 9 nitrogen and oxygen atoms in total. The smallest absolute Gasteiger partial charge is 0.407 e. The highest BCUT2D eigenvalue weighted by atomic mass is 16.5. The summed E-state index contributed by atoms with van der Waals surface area (Å²) in [4.78, 5) is 40.5. The lowest BCUT2D eigenvalue weighted by molar-refractivity contribution is -0.144. The van der Waals surface area contributed by atoms with E-state index >= 15 is 0 Å². The minimum atomic E-state index is -1.25. The molecule has 180 valence electrons. The second kappa shape index (κ2) is 10.2. The zero-order chi connectivity index (χ0) is 24.2. The SMILES string of the molecule is CN1CCN(C(=O)C(CC(=O)O)NC(=O)OCC2c3ccccc3-c3ccccc32)CC1CO. The molecule has 1 aliphatic carbocycles. The van der Waals surface area contributed by atoms with Crippen molar-refractivity contribution >= 4 is 18.0 Å². The molecule has 9 heteroatoms. The fourth-order valence-electron chi connectivity index (χ4n) is 4.72. The number of carboxylic acids is 1. The molecule has 0 saturated carbocycles. The molecule has 0 bridgehead atoms. The molecule has 1 aliphatic heterocycles. The average Bonchev–Trinajstić information content (AvgIpc) is 3.15. The van der Waals surface area contributed by atoms with E-state index in [-0.39, 0.29) is 31.7 Å². The van der Waals surface area contributed by atoms with Crippen LogP contribution in [0.25, 0.3) is 11.1 Å². The van der Waals surface area contributed by atoms with Gasteiger partial charge in [0, 0.05) is 25.6 Å². The number of aliphatic hydroxyl groups is 1. The summed E-state index contributed by atoms with van der Waals surface area (Å²) in [5.74, 6) is -1.85. The topological polar surface area (TPSA) is 119 Å². The third-order valence-electron chi connectivity index (χ3n) is 6.61. The van der Waals surface area contributed by atoms with Crippen molar-refractivity contribution in [2.75, 3.05) is 39.9 Å². The first-order chi connectivity index (χ1) is 16.4. The number of aliphatic carboxylic acids is 1. The Morgan fingerprint density at radius 3 is 2.26 bits per heavy atom. The maximum atomic E-state index is 13.0. The Hall–Kier alpha value is -3.43. The van der Waals surface area contributed by atoms with Gasteiger partial charge in [0.15, 0.2) is 0 Å². The molecule has 3 N–H and O–H groups in total. The summed E-state index contributed by atoms with van der Waals surface area (Å²) in [6.45, 7) is 1.13. The maximum Gasteiger partial charge on any atom is 0.407 e. The van der Waals surface area contributed by atoms with Crippen molar-refractivity contribution in [1.29, 1.82) is 0 Å². The van der Waals surface area contributed by atoms with Crippen LogP contribution in [0.1, 0.15) is 23.5 Å². The van der Waals surface area contributed by atoms with Gasteiger partial charge in [-0.25, -0.2) is 4.79 Å². The van der Waals surface area contributed by atoms with Gasteiger partial charge >= 0.3 is 12.1 Å². The molecule has 4 rings (SSSR count).